The summed E-state index contributed by atoms with van der Waals surface area (Å²) >= 11 is 0. The summed E-state index contributed by atoms with van der Waals surface area (Å²) in [5.74, 6) is -0.0154. The Hall–Kier alpha value is -1.32. The molecule has 2 atom stereocenters. The molecular formula is C12H20N2O2. The summed E-state index contributed by atoms with van der Waals surface area (Å²) in [4.78, 5) is 18.7. The van der Waals surface area contributed by atoms with Crippen molar-refractivity contribution in [3.05, 3.63) is 18.2 Å². The molecule has 1 rings (SSSR count). The molecular weight excluding hydrogens is 204 g/mol. The highest BCUT2D eigenvalue weighted by molar-refractivity contribution is 5.75. The molecule has 16 heavy (non-hydrogen) atoms. The van der Waals surface area contributed by atoms with Gasteiger partial charge >= 0.3 is 5.97 Å². The predicted molar refractivity (Wildman–Crippen MR) is 62.3 cm³/mol. The van der Waals surface area contributed by atoms with Crippen LogP contribution in [0.4, 0.5) is 0 Å². The molecule has 0 aromatic carbocycles. The molecule has 1 aromatic heterocycles. The van der Waals surface area contributed by atoms with E-state index < -0.39 is 11.4 Å². The third-order valence-electron chi connectivity index (χ3n) is 3.28. The van der Waals surface area contributed by atoms with Crippen molar-refractivity contribution in [2.24, 2.45) is 5.41 Å². The average Bonchev–Trinajstić information content (AvgIpc) is 2.72. The second-order valence-corrected chi connectivity index (χ2v) is 4.41. The minimum atomic E-state index is -0.738. The molecule has 1 aromatic rings. The van der Waals surface area contributed by atoms with Crippen LogP contribution in [0.5, 0.6) is 0 Å². The van der Waals surface area contributed by atoms with Gasteiger partial charge in [-0.25, -0.2) is 4.98 Å². The molecule has 4 nitrogen and oxygen atoms in total. The monoisotopic (exact) mass is 224 g/mol. The van der Waals surface area contributed by atoms with Crippen LogP contribution in [0.2, 0.25) is 0 Å². The van der Waals surface area contributed by atoms with Crippen molar-refractivity contribution in [2.75, 3.05) is 0 Å². The zero-order valence-electron chi connectivity index (χ0n) is 10.2. The first-order valence-corrected chi connectivity index (χ1v) is 5.78. The van der Waals surface area contributed by atoms with E-state index in [1.165, 1.54) is 0 Å². The number of carboxylic acid groups (broad SMARTS) is 1. The Kier molecular flexibility index (Phi) is 4.10. The fourth-order valence-corrected chi connectivity index (χ4v) is 2.36. The molecule has 0 amide bonds. The second kappa shape index (κ2) is 5.14. The number of carbonyl (C=O) groups is 1. The lowest BCUT2D eigenvalue weighted by atomic mass is 9.72. The summed E-state index contributed by atoms with van der Waals surface area (Å²) in [6.07, 6.45) is 5.72. The van der Waals surface area contributed by atoms with Gasteiger partial charge in [-0.15, -0.1) is 0 Å². The number of hydrogen-bond donors (Lipinski definition) is 2. The molecule has 2 unspecified atom stereocenters. The van der Waals surface area contributed by atoms with Crippen molar-refractivity contribution >= 4 is 5.97 Å². The number of imidazole rings is 1. The Morgan fingerprint density at radius 2 is 2.31 bits per heavy atom. The average molecular weight is 224 g/mol. The van der Waals surface area contributed by atoms with E-state index in [9.17, 15) is 9.90 Å². The van der Waals surface area contributed by atoms with Gasteiger partial charge in [0, 0.05) is 18.3 Å². The van der Waals surface area contributed by atoms with Crippen LogP contribution >= 0.6 is 0 Å². The summed E-state index contributed by atoms with van der Waals surface area (Å²) in [6, 6.07) is 0. The number of aromatic amines is 1. The van der Waals surface area contributed by atoms with Gasteiger partial charge in [-0.2, -0.15) is 0 Å². The van der Waals surface area contributed by atoms with E-state index in [2.05, 4.69) is 9.97 Å². The second-order valence-electron chi connectivity index (χ2n) is 4.41. The van der Waals surface area contributed by atoms with Gasteiger partial charge < -0.3 is 10.1 Å². The molecule has 4 heteroatoms. The first kappa shape index (κ1) is 12.7. The van der Waals surface area contributed by atoms with Crippen molar-refractivity contribution in [1.29, 1.82) is 0 Å². The molecule has 1 heterocycles. The highest BCUT2D eigenvalue weighted by Gasteiger charge is 2.41. The Bertz CT molecular complexity index is 335. The first-order valence-electron chi connectivity index (χ1n) is 5.78. The van der Waals surface area contributed by atoms with E-state index in [0.717, 1.165) is 18.7 Å². The topological polar surface area (TPSA) is 66.0 Å². The van der Waals surface area contributed by atoms with Crippen LogP contribution < -0.4 is 0 Å². The lowest BCUT2D eigenvalue weighted by Gasteiger charge is -2.31. The molecule has 2 N–H and O–H groups in total. The third kappa shape index (κ3) is 2.26. The highest BCUT2D eigenvalue weighted by atomic mass is 16.4. The van der Waals surface area contributed by atoms with E-state index in [0.29, 0.717) is 6.42 Å². The van der Waals surface area contributed by atoms with Gasteiger partial charge in [0.2, 0.25) is 0 Å². The van der Waals surface area contributed by atoms with Gasteiger partial charge in [0.1, 0.15) is 5.82 Å². The molecule has 0 bridgehead atoms. The number of hydrogen-bond acceptors (Lipinski definition) is 2. The fraction of sp³-hybridized carbons (Fsp3) is 0.667. The summed E-state index contributed by atoms with van der Waals surface area (Å²) in [5.41, 5.74) is -0.735. The molecule has 0 radical (unpaired) electrons. The maximum absolute atomic E-state index is 11.5. The fourth-order valence-electron chi connectivity index (χ4n) is 2.36. The lowest BCUT2D eigenvalue weighted by Crippen LogP contribution is -2.34. The lowest BCUT2D eigenvalue weighted by molar-refractivity contribution is -0.150. The number of carboxylic acids is 1. The van der Waals surface area contributed by atoms with E-state index >= 15 is 0 Å². The predicted octanol–water partition coefficient (Wildman–Crippen LogP) is 2.79. The van der Waals surface area contributed by atoms with Gasteiger partial charge in [0.05, 0.1) is 5.41 Å². The van der Waals surface area contributed by atoms with Crippen molar-refractivity contribution in [3.63, 3.8) is 0 Å². The highest BCUT2D eigenvalue weighted by Crippen LogP contribution is 2.40. The molecule has 0 aliphatic carbocycles. The summed E-state index contributed by atoms with van der Waals surface area (Å²) in [5, 5.41) is 9.42. The van der Waals surface area contributed by atoms with Gasteiger partial charge in [-0.3, -0.25) is 4.79 Å². The SMILES string of the molecule is CCCC(C)(C(=O)O)C(CC)c1ncc[nH]1. The Morgan fingerprint density at radius 1 is 1.62 bits per heavy atom. The minimum Gasteiger partial charge on any atom is -0.481 e. The quantitative estimate of drug-likeness (QED) is 0.780. The standard InChI is InChI=1S/C12H20N2O2/c1-4-6-12(3,11(15)16)9(5-2)10-13-7-8-14-10/h7-9H,4-6H2,1-3H3,(H,13,14)(H,15,16). The van der Waals surface area contributed by atoms with Gasteiger partial charge in [-0.1, -0.05) is 20.3 Å². The first-order chi connectivity index (χ1) is 7.56. The van der Waals surface area contributed by atoms with Crippen molar-refractivity contribution in [1.82, 2.24) is 9.97 Å². The van der Waals surface area contributed by atoms with E-state index in [1.54, 1.807) is 12.4 Å². The van der Waals surface area contributed by atoms with Crippen LogP contribution in [0.1, 0.15) is 51.8 Å². The Labute approximate surface area is 96.1 Å². The summed E-state index contributed by atoms with van der Waals surface area (Å²) in [7, 11) is 0. The smallest absolute Gasteiger partial charge is 0.310 e. The molecule has 0 saturated heterocycles. The molecule has 0 aliphatic rings. The zero-order chi connectivity index (χ0) is 12.2. The number of rotatable bonds is 6. The maximum Gasteiger partial charge on any atom is 0.310 e. The van der Waals surface area contributed by atoms with Crippen LogP contribution in [0.15, 0.2) is 12.4 Å². The van der Waals surface area contributed by atoms with E-state index in [-0.39, 0.29) is 5.92 Å². The normalized spacial score (nSPS) is 16.7. The number of aromatic nitrogens is 2. The molecule has 0 saturated carbocycles. The molecule has 0 aliphatic heterocycles. The molecule has 0 fully saturated rings. The third-order valence-corrected chi connectivity index (χ3v) is 3.28. The van der Waals surface area contributed by atoms with Crippen molar-refractivity contribution in [2.45, 2.75) is 46.0 Å². The maximum atomic E-state index is 11.5. The summed E-state index contributed by atoms with van der Waals surface area (Å²) in [6.45, 7) is 5.83. The molecule has 90 valence electrons. The summed E-state index contributed by atoms with van der Waals surface area (Å²) < 4.78 is 0. The van der Waals surface area contributed by atoms with E-state index in [4.69, 9.17) is 0 Å². The van der Waals surface area contributed by atoms with Gasteiger partial charge in [0.25, 0.3) is 0 Å². The Morgan fingerprint density at radius 3 is 2.69 bits per heavy atom. The van der Waals surface area contributed by atoms with Gasteiger partial charge in [0.15, 0.2) is 0 Å². The van der Waals surface area contributed by atoms with Crippen LogP contribution in [-0.2, 0) is 4.79 Å². The molecule has 0 spiro atoms. The van der Waals surface area contributed by atoms with Crippen LogP contribution in [0.25, 0.3) is 0 Å². The van der Waals surface area contributed by atoms with Crippen LogP contribution in [0, 0.1) is 5.41 Å². The Balaban J connectivity index is 3.04. The minimum absolute atomic E-state index is 0.0556. The number of H-pyrrole nitrogens is 1. The largest absolute Gasteiger partial charge is 0.481 e. The van der Waals surface area contributed by atoms with Crippen molar-refractivity contribution < 1.29 is 9.90 Å². The van der Waals surface area contributed by atoms with Crippen LogP contribution in [0.3, 0.4) is 0 Å². The van der Waals surface area contributed by atoms with Gasteiger partial charge in [-0.05, 0) is 19.8 Å². The van der Waals surface area contributed by atoms with Crippen molar-refractivity contribution in [3.8, 4) is 0 Å². The zero-order valence-corrected chi connectivity index (χ0v) is 10.2. The number of aliphatic carboxylic acids is 1. The van der Waals surface area contributed by atoms with E-state index in [1.807, 2.05) is 20.8 Å². The van der Waals surface area contributed by atoms with Crippen LogP contribution in [-0.4, -0.2) is 21.0 Å². The number of nitrogens with one attached hydrogen (secondary N) is 1. The number of nitrogens with zero attached hydrogens (tertiary/aromatic N) is 1.